The van der Waals surface area contributed by atoms with Crippen LogP contribution in [0, 0.1) is 17.5 Å². The monoisotopic (exact) mass is 348 g/mol. The first-order valence-corrected chi connectivity index (χ1v) is 7.67. The van der Waals surface area contributed by atoms with E-state index in [2.05, 4.69) is 10.2 Å². The number of nitrogens with zero attached hydrogens (tertiary/aromatic N) is 1. The van der Waals surface area contributed by atoms with Crippen molar-refractivity contribution < 1.29 is 13.2 Å². The Hall–Kier alpha value is -1.08. The van der Waals surface area contributed by atoms with E-state index in [-0.39, 0.29) is 18.0 Å². The predicted molar refractivity (Wildman–Crippen MR) is 84.2 cm³/mol. The molecule has 0 radical (unpaired) electrons. The van der Waals surface area contributed by atoms with Crippen LogP contribution in [0.3, 0.4) is 0 Å². The second-order valence-electron chi connectivity index (χ2n) is 4.99. The molecule has 0 aliphatic carbocycles. The minimum Gasteiger partial charge on any atom is -0.314 e. The molecule has 1 fully saturated rings. The summed E-state index contributed by atoms with van der Waals surface area (Å²) < 4.78 is 41.3. The van der Waals surface area contributed by atoms with Gasteiger partial charge in [-0.25, -0.2) is 13.2 Å². The zero-order valence-electron chi connectivity index (χ0n) is 11.7. The van der Waals surface area contributed by atoms with Gasteiger partial charge in [0.1, 0.15) is 5.82 Å². The van der Waals surface area contributed by atoms with Gasteiger partial charge in [0.25, 0.3) is 0 Å². The molecule has 7 heteroatoms. The maximum Gasteiger partial charge on any atom is 0.164 e. The lowest BCUT2D eigenvalue weighted by Gasteiger charge is -2.34. The van der Waals surface area contributed by atoms with Gasteiger partial charge >= 0.3 is 0 Å². The highest BCUT2D eigenvalue weighted by Gasteiger charge is 2.28. The molecule has 1 aromatic carbocycles. The molecule has 120 valence electrons. The van der Waals surface area contributed by atoms with Gasteiger partial charge < -0.3 is 5.32 Å². The Morgan fingerprint density at radius 1 is 1.14 bits per heavy atom. The average Bonchev–Trinajstić information content (AvgIpc) is 2.99. The molecule has 0 unspecified atom stereocenters. The molecule has 1 saturated heterocycles. The van der Waals surface area contributed by atoms with E-state index in [4.69, 9.17) is 0 Å². The van der Waals surface area contributed by atoms with Gasteiger partial charge in [0.2, 0.25) is 0 Å². The molecule has 1 aliphatic heterocycles. The van der Waals surface area contributed by atoms with Crippen molar-refractivity contribution in [1.82, 2.24) is 10.2 Å². The van der Waals surface area contributed by atoms with Crippen LogP contribution in [-0.2, 0) is 0 Å². The summed E-state index contributed by atoms with van der Waals surface area (Å²) >= 11 is 1.47. The predicted octanol–water partition coefficient (Wildman–Crippen LogP) is 3.58. The summed E-state index contributed by atoms with van der Waals surface area (Å²) in [6.45, 7) is 2.98. The highest BCUT2D eigenvalue weighted by molar-refractivity contribution is 7.10. The Labute approximate surface area is 137 Å². The molecule has 1 N–H and O–H groups in total. The fraction of sp³-hybridized carbons (Fsp3) is 0.333. The summed E-state index contributed by atoms with van der Waals surface area (Å²) in [5, 5.41) is 5.11. The van der Waals surface area contributed by atoms with Crippen LogP contribution < -0.4 is 5.32 Å². The van der Waals surface area contributed by atoms with Crippen LogP contribution in [0.2, 0.25) is 0 Å². The fourth-order valence-electron chi connectivity index (χ4n) is 2.69. The lowest BCUT2D eigenvalue weighted by Crippen LogP contribution is -2.45. The topological polar surface area (TPSA) is 15.3 Å². The van der Waals surface area contributed by atoms with Gasteiger partial charge in [-0.15, -0.1) is 23.7 Å². The maximum absolute atomic E-state index is 14.2. The first-order valence-electron chi connectivity index (χ1n) is 6.79. The van der Waals surface area contributed by atoms with Gasteiger partial charge in [-0.05, 0) is 17.5 Å². The second-order valence-corrected chi connectivity index (χ2v) is 5.97. The van der Waals surface area contributed by atoms with Crippen molar-refractivity contribution >= 4 is 23.7 Å². The van der Waals surface area contributed by atoms with Crippen molar-refractivity contribution in [1.29, 1.82) is 0 Å². The van der Waals surface area contributed by atoms with E-state index in [1.54, 1.807) is 0 Å². The Balaban J connectivity index is 0.00000176. The van der Waals surface area contributed by atoms with E-state index in [9.17, 15) is 13.2 Å². The van der Waals surface area contributed by atoms with Crippen LogP contribution in [0.4, 0.5) is 13.2 Å². The molecular formula is C15H16ClF3N2S. The van der Waals surface area contributed by atoms with Gasteiger partial charge in [-0.1, -0.05) is 6.07 Å². The number of benzene rings is 1. The van der Waals surface area contributed by atoms with Crippen LogP contribution in [0.1, 0.15) is 16.5 Å². The van der Waals surface area contributed by atoms with Crippen molar-refractivity contribution in [3.05, 3.63) is 57.5 Å². The number of hydrogen-bond donors (Lipinski definition) is 1. The Kier molecular flexibility index (Phi) is 5.86. The lowest BCUT2D eigenvalue weighted by molar-refractivity contribution is 0.196. The third-order valence-corrected chi connectivity index (χ3v) is 4.57. The SMILES string of the molecule is Cl.Fc1cc(F)c(F)c([C@H](c2cccs2)N2CCNCC2)c1. The summed E-state index contributed by atoms with van der Waals surface area (Å²) in [6.07, 6.45) is 0. The third-order valence-electron chi connectivity index (χ3n) is 3.65. The van der Waals surface area contributed by atoms with Crippen molar-refractivity contribution in [2.45, 2.75) is 6.04 Å². The van der Waals surface area contributed by atoms with Crippen LogP contribution in [-0.4, -0.2) is 31.1 Å². The van der Waals surface area contributed by atoms with Gasteiger partial charge in [0, 0.05) is 42.7 Å². The smallest absolute Gasteiger partial charge is 0.164 e. The van der Waals surface area contributed by atoms with Crippen molar-refractivity contribution in [3.63, 3.8) is 0 Å². The molecule has 1 aromatic heterocycles. The minimum absolute atomic E-state index is 0. The molecule has 1 atom stereocenters. The second kappa shape index (κ2) is 7.46. The number of rotatable bonds is 3. The average molecular weight is 349 g/mol. The van der Waals surface area contributed by atoms with Gasteiger partial charge in [-0.3, -0.25) is 4.90 Å². The number of halogens is 4. The van der Waals surface area contributed by atoms with Crippen LogP contribution in [0.5, 0.6) is 0 Å². The van der Waals surface area contributed by atoms with Gasteiger partial charge in [0.15, 0.2) is 11.6 Å². The Bertz CT molecular complexity index is 616. The highest BCUT2D eigenvalue weighted by atomic mass is 35.5. The molecule has 0 amide bonds. The van der Waals surface area contributed by atoms with E-state index in [1.165, 1.54) is 11.3 Å². The highest BCUT2D eigenvalue weighted by Crippen LogP contribution is 2.34. The summed E-state index contributed by atoms with van der Waals surface area (Å²) in [6, 6.07) is 4.98. The summed E-state index contributed by atoms with van der Waals surface area (Å²) in [4.78, 5) is 2.94. The summed E-state index contributed by atoms with van der Waals surface area (Å²) in [7, 11) is 0. The number of thiophene rings is 1. The quantitative estimate of drug-likeness (QED) is 0.853. The largest absolute Gasteiger partial charge is 0.314 e. The van der Waals surface area contributed by atoms with E-state index >= 15 is 0 Å². The molecule has 2 heterocycles. The van der Waals surface area contributed by atoms with Crippen molar-refractivity contribution in [2.24, 2.45) is 0 Å². The van der Waals surface area contributed by atoms with Crippen LogP contribution in [0.25, 0.3) is 0 Å². The molecule has 2 nitrogen and oxygen atoms in total. The lowest BCUT2D eigenvalue weighted by atomic mass is 10.0. The molecule has 22 heavy (non-hydrogen) atoms. The van der Waals surface area contributed by atoms with E-state index < -0.39 is 23.5 Å². The molecule has 0 spiro atoms. The van der Waals surface area contributed by atoms with E-state index in [0.29, 0.717) is 19.2 Å². The molecule has 1 aliphatic rings. The zero-order valence-corrected chi connectivity index (χ0v) is 13.3. The van der Waals surface area contributed by atoms with Gasteiger partial charge in [-0.2, -0.15) is 0 Å². The number of hydrogen-bond acceptors (Lipinski definition) is 3. The number of nitrogens with one attached hydrogen (secondary N) is 1. The normalized spacial score (nSPS) is 17.0. The molecule has 0 bridgehead atoms. The fourth-order valence-corrected chi connectivity index (χ4v) is 3.57. The first kappa shape index (κ1) is 17.3. The van der Waals surface area contributed by atoms with Crippen molar-refractivity contribution in [3.8, 4) is 0 Å². The zero-order chi connectivity index (χ0) is 14.8. The Morgan fingerprint density at radius 2 is 1.86 bits per heavy atom. The third kappa shape index (κ3) is 3.46. The van der Waals surface area contributed by atoms with Gasteiger partial charge in [0.05, 0.1) is 6.04 Å². The molecule has 2 aromatic rings. The Morgan fingerprint density at radius 3 is 2.50 bits per heavy atom. The summed E-state index contributed by atoms with van der Waals surface area (Å²) in [5.74, 6) is -2.85. The molecule has 3 rings (SSSR count). The number of piperazine rings is 1. The molecule has 0 saturated carbocycles. The minimum atomic E-state index is -1.14. The van der Waals surface area contributed by atoms with Crippen LogP contribution >= 0.6 is 23.7 Å². The first-order chi connectivity index (χ1) is 10.2. The van der Waals surface area contributed by atoms with E-state index in [0.717, 1.165) is 24.0 Å². The standard InChI is InChI=1S/C15H15F3N2S.ClH/c16-10-8-11(14(18)12(17)9-10)15(13-2-1-7-21-13)20-5-3-19-4-6-20;/h1-2,7-9,15,19H,3-6H2;1H/t15-;/m1./s1. The summed E-state index contributed by atoms with van der Waals surface area (Å²) in [5.41, 5.74) is 0.0665. The van der Waals surface area contributed by atoms with E-state index in [1.807, 2.05) is 17.5 Å². The molecular weight excluding hydrogens is 333 g/mol. The maximum atomic E-state index is 14.2. The van der Waals surface area contributed by atoms with Crippen LogP contribution in [0.15, 0.2) is 29.6 Å². The van der Waals surface area contributed by atoms with Crippen molar-refractivity contribution in [2.75, 3.05) is 26.2 Å².